The minimum atomic E-state index is -0.837. The van der Waals surface area contributed by atoms with Gasteiger partial charge in [0.25, 0.3) is 0 Å². The average Bonchev–Trinajstić information content (AvgIpc) is 2.86. The molecule has 7 heteroatoms. The number of carbonyl (C=O) groups excluding carboxylic acids is 3. The highest BCUT2D eigenvalue weighted by Gasteiger charge is 2.35. The number of amides is 3. The summed E-state index contributed by atoms with van der Waals surface area (Å²) in [4.78, 5) is 42.1. The zero-order chi connectivity index (χ0) is 29.0. The van der Waals surface area contributed by atoms with E-state index in [0.29, 0.717) is 6.54 Å². The predicted octanol–water partition coefficient (Wildman–Crippen LogP) is 6.90. The van der Waals surface area contributed by atoms with Crippen molar-refractivity contribution in [3.63, 3.8) is 0 Å². The van der Waals surface area contributed by atoms with Crippen LogP contribution in [0.2, 0.25) is 0 Å². The fourth-order valence-electron chi connectivity index (χ4n) is 5.16. The maximum atomic E-state index is 13.9. The third-order valence-corrected chi connectivity index (χ3v) is 7.50. The van der Waals surface area contributed by atoms with E-state index >= 15 is 0 Å². The first-order valence-corrected chi connectivity index (χ1v) is 15.1. The standard InChI is InChI=1S/C32H53N3O4/c1-8-9-10-11-12-16-21-35(30(37)25(4)33-31(38)39-32(5,6)7)28(26-20-19-23(2)24(3)22-26)29(36)34-27-17-14-13-15-18-27/h19-20,22,25,27-28H,8-18,21H2,1-7H3,(H,33,38)(H,34,36). The lowest BCUT2D eigenvalue weighted by Crippen LogP contribution is -2.53. The summed E-state index contributed by atoms with van der Waals surface area (Å²) in [6, 6.07) is 4.52. The van der Waals surface area contributed by atoms with Crippen molar-refractivity contribution in [3.05, 3.63) is 34.9 Å². The first kappa shape index (κ1) is 32.6. The SMILES string of the molecule is CCCCCCCCN(C(=O)C(C)NC(=O)OC(C)(C)C)C(C(=O)NC1CCCCC1)c1ccc(C)c(C)c1. The van der Waals surface area contributed by atoms with Crippen molar-refractivity contribution in [3.8, 4) is 0 Å². The molecule has 0 spiro atoms. The molecule has 1 aliphatic carbocycles. The Hall–Kier alpha value is -2.57. The molecule has 0 heterocycles. The predicted molar refractivity (Wildman–Crippen MR) is 158 cm³/mol. The largest absolute Gasteiger partial charge is 0.444 e. The number of aryl methyl sites for hydroxylation is 2. The second-order valence-corrected chi connectivity index (χ2v) is 12.3. The van der Waals surface area contributed by atoms with Gasteiger partial charge in [-0.25, -0.2) is 4.79 Å². The molecule has 0 bridgehead atoms. The molecule has 0 saturated heterocycles. The molecular formula is C32H53N3O4. The summed E-state index contributed by atoms with van der Waals surface area (Å²) in [5, 5.41) is 5.97. The van der Waals surface area contributed by atoms with Gasteiger partial charge in [-0.05, 0) is 77.5 Å². The molecular weight excluding hydrogens is 490 g/mol. The minimum absolute atomic E-state index is 0.128. The van der Waals surface area contributed by atoms with Gasteiger partial charge in [0.15, 0.2) is 0 Å². The molecule has 2 unspecified atom stereocenters. The number of alkyl carbamates (subject to hydrolysis) is 1. The molecule has 3 amide bonds. The van der Waals surface area contributed by atoms with Crippen LogP contribution in [-0.2, 0) is 14.3 Å². The Balaban J connectivity index is 2.35. The van der Waals surface area contributed by atoms with E-state index in [2.05, 4.69) is 17.6 Å². The van der Waals surface area contributed by atoms with Crippen LogP contribution in [0.15, 0.2) is 18.2 Å². The van der Waals surface area contributed by atoms with Crippen LogP contribution < -0.4 is 10.6 Å². The highest BCUT2D eigenvalue weighted by Crippen LogP contribution is 2.27. The van der Waals surface area contributed by atoms with Crippen molar-refractivity contribution < 1.29 is 19.1 Å². The van der Waals surface area contributed by atoms with Gasteiger partial charge in [-0.1, -0.05) is 76.5 Å². The third kappa shape index (κ3) is 11.2. The van der Waals surface area contributed by atoms with Gasteiger partial charge < -0.3 is 20.3 Å². The molecule has 0 radical (unpaired) electrons. The quantitative estimate of drug-likeness (QED) is 0.265. The van der Waals surface area contributed by atoms with Crippen LogP contribution in [0.25, 0.3) is 0 Å². The second-order valence-electron chi connectivity index (χ2n) is 12.3. The molecule has 2 N–H and O–H groups in total. The Labute approximate surface area is 236 Å². The first-order valence-electron chi connectivity index (χ1n) is 15.1. The van der Waals surface area contributed by atoms with Gasteiger partial charge in [-0.3, -0.25) is 9.59 Å². The van der Waals surface area contributed by atoms with Crippen molar-refractivity contribution in [2.24, 2.45) is 0 Å². The lowest BCUT2D eigenvalue weighted by molar-refractivity contribution is -0.142. The van der Waals surface area contributed by atoms with E-state index in [0.717, 1.165) is 61.6 Å². The zero-order valence-electron chi connectivity index (χ0n) is 25.5. The van der Waals surface area contributed by atoms with E-state index < -0.39 is 23.8 Å². The molecule has 1 aliphatic rings. The van der Waals surface area contributed by atoms with Gasteiger partial charge in [-0.15, -0.1) is 0 Å². The Bertz CT molecular complexity index is 934. The average molecular weight is 544 g/mol. The van der Waals surface area contributed by atoms with Crippen molar-refractivity contribution >= 4 is 17.9 Å². The van der Waals surface area contributed by atoms with Gasteiger partial charge in [0.1, 0.15) is 17.7 Å². The molecule has 1 aromatic rings. The van der Waals surface area contributed by atoms with Gasteiger partial charge in [0.05, 0.1) is 0 Å². The number of hydrogen-bond donors (Lipinski definition) is 2. The minimum Gasteiger partial charge on any atom is -0.444 e. The van der Waals surface area contributed by atoms with Crippen LogP contribution in [0, 0.1) is 13.8 Å². The number of hydrogen-bond acceptors (Lipinski definition) is 4. The highest BCUT2D eigenvalue weighted by molar-refractivity contribution is 5.92. The van der Waals surface area contributed by atoms with Gasteiger partial charge >= 0.3 is 6.09 Å². The van der Waals surface area contributed by atoms with Crippen LogP contribution in [0.3, 0.4) is 0 Å². The van der Waals surface area contributed by atoms with Gasteiger partial charge in [0.2, 0.25) is 11.8 Å². The molecule has 1 aromatic carbocycles. The van der Waals surface area contributed by atoms with Gasteiger partial charge in [-0.2, -0.15) is 0 Å². The van der Waals surface area contributed by atoms with Crippen molar-refractivity contribution in [1.29, 1.82) is 0 Å². The maximum Gasteiger partial charge on any atom is 0.408 e. The number of ether oxygens (including phenoxy) is 1. The van der Waals surface area contributed by atoms with E-state index in [4.69, 9.17) is 4.74 Å². The van der Waals surface area contributed by atoms with E-state index in [1.165, 1.54) is 25.7 Å². The summed E-state index contributed by atoms with van der Waals surface area (Å²) in [7, 11) is 0. The monoisotopic (exact) mass is 543 g/mol. The second kappa shape index (κ2) is 15.9. The number of benzene rings is 1. The highest BCUT2D eigenvalue weighted by atomic mass is 16.6. The smallest absolute Gasteiger partial charge is 0.408 e. The molecule has 2 atom stereocenters. The molecule has 7 nitrogen and oxygen atoms in total. The van der Waals surface area contributed by atoms with Crippen molar-refractivity contribution in [2.45, 2.75) is 143 Å². The fraction of sp³-hybridized carbons (Fsp3) is 0.719. The first-order chi connectivity index (χ1) is 18.4. The lowest BCUT2D eigenvalue weighted by atomic mass is 9.94. The summed E-state index contributed by atoms with van der Waals surface area (Å²) in [6.07, 6.45) is 11.1. The summed E-state index contributed by atoms with van der Waals surface area (Å²) in [5.41, 5.74) is 2.34. The third-order valence-electron chi connectivity index (χ3n) is 7.50. The van der Waals surface area contributed by atoms with E-state index in [1.54, 1.807) is 32.6 Å². The van der Waals surface area contributed by atoms with Crippen LogP contribution >= 0.6 is 0 Å². The summed E-state index contributed by atoms with van der Waals surface area (Å²) >= 11 is 0. The van der Waals surface area contributed by atoms with Crippen LogP contribution in [-0.4, -0.2) is 47.0 Å². The topological polar surface area (TPSA) is 87.7 Å². The Morgan fingerprint density at radius 3 is 2.23 bits per heavy atom. The maximum absolute atomic E-state index is 13.9. The molecule has 1 saturated carbocycles. The molecule has 220 valence electrons. The van der Waals surface area contributed by atoms with Crippen LogP contribution in [0.1, 0.15) is 128 Å². The van der Waals surface area contributed by atoms with E-state index in [1.807, 2.05) is 32.0 Å². The van der Waals surface area contributed by atoms with E-state index in [-0.39, 0.29) is 17.9 Å². The molecule has 0 aliphatic heterocycles. The Morgan fingerprint density at radius 1 is 0.974 bits per heavy atom. The number of unbranched alkanes of at least 4 members (excludes halogenated alkanes) is 5. The number of nitrogens with zero attached hydrogens (tertiary/aromatic N) is 1. The van der Waals surface area contributed by atoms with Gasteiger partial charge in [0, 0.05) is 12.6 Å². The number of rotatable bonds is 13. The van der Waals surface area contributed by atoms with Crippen LogP contribution in [0.5, 0.6) is 0 Å². The zero-order valence-corrected chi connectivity index (χ0v) is 25.5. The normalized spacial score (nSPS) is 15.8. The summed E-state index contributed by atoms with van der Waals surface area (Å²) < 4.78 is 5.40. The van der Waals surface area contributed by atoms with Crippen LogP contribution in [0.4, 0.5) is 4.79 Å². The Morgan fingerprint density at radius 2 is 1.62 bits per heavy atom. The summed E-state index contributed by atoms with van der Waals surface area (Å²) in [5.74, 6) is -0.426. The lowest BCUT2D eigenvalue weighted by Gasteiger charge is -2.35. The molecule has 2 rings (SSSR count). The molecule has 0 aromatic heterocycles. The Kier molecular flexibility index (Phi) is 13.3. The number of nitrogens with one attached hydrogen (secondary N) is 2. The number of carbonyl (C=O) groups is 3. The molecule has 39 heavy (non-hydrogen) atoms. The van der Waals surface area contributed by atoms with Crippen molar-refractivity contribution in [1.82, 2.24) is 15.5 Å². The van der Waals surface area contributed by atoms with Crippen molar-refractivity contribution in [2.75, 3.05) is 6.54 Å². The van der Waals surface area contributed by atoms with E-state index in [9.17, 15) is 14.4 Å². The summed E-state index contributed by atoms with van der Waals surface area (Å²) in [6.45, 7) is 13.7. The fourth-order valence-corrected chi connectivity index (χ4v) is 5.16. The molecule has 1 fully saturated rings.